The van der Waals surface area contributed by atoms with Crippen molar-refractivity contribution in [3.8, 4) is 0 Å². The average molecular weight is 281 g/mol. The van der Waals surface area contributed by atoms with Gasteiger partial charge in [0.2, 0.25) is 0 Å². The Labute approximate surface area is 103 Å². The summed E-state index contributed by atoms with van der Waals surface area (Å²) in [6.07, 6.45) is 1.85. The van der Waals surface area contributed by atoms with Gasteiger partial charge in [-0.25, -0.2) is 0 Å². The predicted molar refractivity (Wildman–Crippen MR) is 68.9 cm³/mol. The van der Waals surface area contributed by atoms with Gasteiger partial charge < -0.3 is 9.88 Å². The van der Waals surface area contributed by atoms with Crippen molar-refractivity contribution in [1.29, 1.82) is 0 Å². The number of aromatic nitrogens is 1. The summed E-state index contributed by atoms with van der Waals surface area (Å²) in [7, 11) is 3.78. The zero-order valence-corrected chi connectivity index (χ0v) is 10.8. The Hall–Kier alpha value is -1.13. The predicted octanol–water partition coefficient (Wildman–Crippen LogP) is 2.67. The van der Waals surface area contributed by atoms with Crippen LogP contribution in [0, 0.1) is 0 Å². The van der Waals surface area contributed by atoms with Gasteiger partial charge in [0.25, 0.3) is 0 Å². The molecule has 1 aromatic heterocycles. The molecule has 84 valence electrons. The van der Waals surface area contributed by atoms with Gasteiger partial charge in [-0.2, -0.15) is 0 Å². The number of rotatable bonds is 3. The zero-order valence-electron chi connectivity index (χ0n) is 9.25. The first-order valence-corrected chi connectivity index (χ1v) is 5.82. The smallest absolute Gasteiger partial charge is 0.178 e. The van der Waals surface area contributed by atoms with Crippen molar-refractivity contribution in [3.63, 3.8) is 0 Å². The van der Waals surface area contributed by atoms with Gasteiger partial charge in [0.1, 0.15) is 0 Å². The van der Waals surface area contributed by atoms with Crippen LogP contribution in [-0.4, -0.2) is 36.3 Å². The molecule has 16 heavy (non-hydrogen) atoms. The molecular formula is C12H13BrN2O. The minimum absolute atomic E-state index is 0.124. The molecule has 0 atom stereocenters. The lowest BCUT2D eigenvalue weighted by atomic mass is 10.1. The van der Waals surface area contributed by atoms with E-state index in [0.717, 1.165) is 20.9 Å². The lowest BCUT2D eigenvalue weighted by Gasteiger charge is -2.09. The first-order valence-electron chi connectivity index (χ1n) is 5.02. The third kappa shape index (κ3) is 2.18. The third-order valence-electron chi connectivity index (χ3n) is 2.38. The molecule has 0 amide bonds. The van der Waals surface area contributed by atoms with Gasteiger partial charge in [-0.3, -0.25) is 4.79 Å². The minimum Gasteiger partial charge on any atom is -0.361 e. The number of carbonyl (C=O) groups is 1. The number of hydrogen-bond acceptors (Lipinski definition) is 2. The second-order valence-electron chi connectivity index (χ2n) is 4.06. The minimum atomic E-state index is 0.124. The number of hydrogen-bond donors (Lipinski definition) is 1. The van der Waals surface area contributed by atoms with Gasteiger partial charge >= 0.3 is 0 Å². The highest BCUT2D eigenvalue weighted by atomic mass is 79.9. The molecule has 0 saturated heterocycles. The van der Waals surface area contributed by atoms with Gasteiger partial charge in [0, 0.05) is 21.6 Å². The van der Waals surface area contributed by atoms with Crippen molar-refractivity contribution >= 4 is 32.6 Å². The fourth-order valence-corrected chi connectivity index (χ4v) is 2.20. The van der Waals surface area contributed by atoms with E-state index in [2.05, 4.69) is 20.9 Å². The van der Waals surface area contributed by atoms with E-state index in [-0.39, 0.29) is 5.78 Å². The standard InChI is InChI=1S/C12H13BrN2O/c1-15(2)7-11(16)10-6-9(13)5-8-3-4-14-12(8)10/h3-6,14H,7H2,1-2H3. The van der Waals surface area contributed by atoms with Crippen molar-refractivity contribution in [1.82, 2.24) is 9.88 Å². The van der Waals surface area contributed by atoms with Crippen LogP contribution in [0.3, 0.4) is 0 Å². The van der Waals surface area contributed by atoms with Crippen LogP contribution in [0.15, 0.2) is 28.9 Å². The molecule has 0 aliphatic carbocycles. The summed E-state index contributed by atoms with van der Waals surface area (Å²) in [5.41, 5.74) is 1.65. The maximum atomic E-state index is 12.0. The third-order valence-corrected chi connectivity index (χ3v) is 2.84. The van der Waals surface area contributed by atoms with Gasteiger partial charge in [-0.15, -0.1) is 0 Å². The molecule has 1 aromatic carbocycles. The Bertz CT molecular complexity index is 531. The molecule has 4 heteroatoms. The van der Waals surface area contributed by atoms with Crippen molar-refractivity contribution in [3.05, 3.63) is 34.4 Å². The van der Waals surface area contributed by atoms with Crippen LogP contribution < -0.4 is 0 Å². The Kier molecular flexibility index (Phi) is 3.12. The molecule has 0 aliphatic heterocycles. The quantitative estimate of drug-likeness (QED) is 0.878. The van der Waals surface area contributed by atoms with Crippen molar-refractivity contribution < 1.29 is 4.79 Å². The number of H-pyrrole nitrogens is 1. The van der Waals surface area contributed by atoms with Crippen LogP contribution in [0.1, 0.15) is 10.4 Å². The number of benzene rings is 1. The molecule has 0 spiro atoms. The Morgan fingerprint density at radius 3 is 2.88 bits per heavy atom. The molecule has 0 saturated carbocycles. The number of aromatic amines is 1. The topological polar surface area (TPSA) is 36.1 Å². The lowest BCUT2D eigenvalue weighted by Crippen LogP contribution is -2.21. The van der Waals surface area contributed by atoms with Crippen LogP contribution in [0.4, 0.5) is 0 Å². The summed E-state index contributed by atoms with van der Waals surface area (Å²) in [4.78, 5) is 17.0. The fourth-order valence-electron chi connectivity index (χ4n) is 1.73. The molecule has 1 N–H and O–H groups in total. The first kappa shape index (κ1) is 11.4. The Morgan fingerprint density at radius 2 is 2.19 bits per heavy atom. The number of halogens is 1. The number of fused-ring (bicyclic) bond motifs is 1. The number of carbonyl (C=O) groups excluding carboxylic acids is 1. The second kappa shape index (κ2) is 4.39. The molecule has 2 rings (SSSR count). The van der Waals surface area contributed by atoms with Crippen LogP contribution in [-0.2, 0) is 0 Å². The van der Waals surface area contributed by atoms with E-state index in [1.165, 1.54) is 0 Å². The van der Waals surface area contributed by atoms with E-state index in [1.807, 2.05) is 43.4 Å². The van der Waals surface area contributed by atoms with Crippen molar-refractivity contribution in [2.75, 3.05) is 20.6 Å². The van der Waals surface area contributed by atoms with E-state index in [1.54, 1.807) is 0 Å². The van der Waals surface area contributed by atoms with E-state index >= 15 is 0 Å². The van der Waals surface area contributed by atoms with Gasteiger partial charge in [-0.1, -0.05) is 15.9 Å². The second-order valence-corrected chi connectivity index (χ2v) is 4.97. The summed E-state index contributed by atoms with van der Waals surface area (Å²) in [5, 5.41) is 1.05. The maximum absolute atomic E-state index is 12.0. The zero-order chi connectivity index (χ0) is 11.7. The average Bonchev–Trinajstić information content (AvgIpc) is 2.62. The van der Waals surface area contributed by atoms with Crippen molar-refractivity contribution in [2.45, 2.75) is 0 Å². The molecule has 2 aromatic rings. The van der Waals surface area contributed by atoms with Crippen LogP contribution in [0.25, 0.3) is 10.9 Å². The summed E-state index contributed by atoms with van der Waals surface area (Å²) >= 11 is 3.42. The SMILES string of the molecule is CN(C)CC(=O)c1cc(Br)cc2cc[nH]c12. The lowest BCUT2D eigenvalue weighted by molar-refractivity contribution is 0.0959. The summed E-state index contributed by atoms with van der Waals surface area (Å²) < 4.78 is 0.932. The fraction of sp³-hybridized carbons (Fsp3) is 0.250. The highest BCUT2D eigenvalue weighted by molar-refractivity contribution is 9.10. The van der Waals surface area contributed by atoms with E-state index in [0.29, 0.717) is 6.54 Å². The molecule has 0 fully saturated rings. The molecule has 0 bridgehead atoms. The van der Waals surface area contributed by atoms with Crippen LogP contribution >= 0.6 is 15.9 Å². The highest BCUT2D eigenvalue weighted by Crippen LogP contribution is 2.23. The number of nitrogens with zero attached hydrogens (tertiary/aromatic N) is 1. The van der Waals surface area contributed by atoms with Crippen molar-refractivity contribution in [2.24, 2.45) is 0 Å². The summed E-state index contributed by atoms with van der Waals surface area (Å²) in [6.45, 7) is 0.421. The molecule has 0 radical (unpaired) electrons. The largest absolute Gasteiger partial charge is 0.361 e. The van der Waals surface area contributed by atoms with E-state index in [9.17, 15) is 4.79 Å². The number of nitrogens with one attached hydrogen (secondary N) is 1. The maximum Gasteiger partial charge on any atom is 0.178 e. The molecule has 0 aliphatic rings. The first-order chi connectivity index (χ1) is 7.58. The Balaban J connectivity index is 2.50. The number of Topliss-reactive ketones (excluding diaryl/α,β-unsaturated/α-hetero) is 1. The van der Waals surface area contributed by atoms with Crippen LogP contribution in [0.2, 0.25) is 0 Å². The van der Waals surface area contributed by atoms with Gasteiger partial charge in [0.15, 0.2) is 5.78 Å². The molecular weight excluding hydrogens is 268 g/mol. The normalized spacial score (nSPS) is 11.2. The highest BCUT2D eigenvalue weighted by Gasteiger charge is 2.12. The monoisotopic (exact) mass is 280 g/mol. The van der Waals surface area contributed by atoms with E-state index < -0.39 is 0 Å². The van der Waals surface area contributed by atoms with Gasteiger partial charge in [-0.05, 0) is 32.3 Å². The van der Waals surface area contributed by atoms with Crippen LogP contribution in [0.5, 0.6) is 0 Å². The molecule has 3 nitrogen and oxygen atoms in total. The molecule has 1 heterocycles. The Morgan fingerprint density at radius 1 is 1.44 bits per heavy atom. The number of likely N-dealkylation sites (N-methyl/N-ethyl adjacent to an activating group) is 1. The summed E-state index contributed by atoms with van der Waals surface area (Å²) in [5.74, 6) is 0.124. The van der Waals surface area contributed by atoms with Gasteiger partial charge in [0.05, 0.1) is 12.1 Å². The molecule has 0 unspecified atom stereocenters. The summed E-state index contributed by atoms with van der Waals surface area (Å²) in [6, 6.07) is 5.83. The van der Waals surface area contributed by atoms with E-state index in [4.69, 9.17) is 0 Å². The number of ketones is 1.